The molecular formula is C23H40N4O3. The van der Waals surface area contributed by atoms with Gasteiger partial charge in [-0.15, -0.1) is 0 Å². The van der Waals surface area contributed by atoms with Gasteiger partial charge in [0.05, 0.1) is 6.04 Å². The molecule has 2 unspecified atom stereocenters. The zero-order chi connectivity index (χ0) is 22.5. The predicted octanol–water partition coefficient (Wildman–Crippen LogP) is 2.03. The van der Waals surface area contributed by atoms with Crippen molar-refractivity contribution in [3.8, 4) is 0 Å². The molecule has 30 heavy (non-hydrogen) atoms. The molecule has 7 heteroatoms. The molecule has 0 saturated carbocycles. The Hall–Kier alpha value is -1.89. The third kappa shape index (κ3) is 6.30. The minimum Gasteiger partial charge on any atom is -0.342 e. The lowest BCUT2D eigenvalue weighted by molar-refractivity contribution is -0.139. The van der Waals surface area contributed by atoms with E-state index in [1.54, 1.807) is 18.9 Å². The van der Waals surface area contributed by atoms with E-state index in [0.29, 0.717) is 12.1 Å². The Morgan fingerprint density at radius 3 is 2.27 bits per heavy atom. The fraction of sp³-hybridized carbons (Fsp3) is 0.783. The number of carbonyl (C=O) groups is 3. The number of rotatable bonds is 6. The fourth-order valence-electron chi connectivity index (χ4n) is 4.13. The first kappa shape index (κ1) is 24.4. The van der Waals surface area contributed by atoms with E-state index in [2.05, 4.69) is 10.2 Å². The van der Waals surface area contributed by atoms with Gasteiger partial charge in [-0.05, 0) is 51.6 Å². The van der Waals surface area contributed by atoms with E-state index < -0.39 is 11.5 Å². The number of carbonyl (C=O) groups excluding carboxylic acids is 3. The highest BCUT2D eigenvalue weighted by molar-refractivity contribution is 5.93. The van der Waals surface area contributed by atoms with Gasteiger partial charge in [-0.1, -0.05) is 33.3 Å². The molecule has 2 atom stereocenters. The molecule has 170 valence electrons. The van der Waals surface area contributed by atoms with Crippen LogP contribution in [0.5, 0.6) is 0 Å². The van der Waals surface area contributed by atoms with Gasteiger partial charge in [-0.2, -0.15) is 0 Å². The van der Waals surface area contributed by atoms with Gasteiger partial charge in [-0.25, -0.2) is 0 Å². The second-order valence-corrected chi connectivity index (χ2v) is 9.91. The standard InChI is InChI=1S/C23H40N4O3/c1-17(21(29)27-14-9-10-15-27)12-16-26(6)22(30)19(23(2,3)4)24-20(28)18-11-7-8-13-25(18)5/h12,18-19H,7-11,13-16H2,1-6H3,(H,24,28)/b17-12+. The molecule has 0 aliphatic carbocycles. The van der Waals surface area contributed by atoms with Gasteiger partial charge >= 0.3 is 0 Å². The number of likely N-dealkylation sites (tertiary alicyclic amines) is 2. The summed E-state index contributed by atoms with van der Waals surface area (Å²) in [5.41, 5.74) is 0.245. The lowest BCUT2D eigenvalue weighted by Gasteiger charge is -2.37. The predicted molar refractivity (Wildman–Crippen MR) is 119 cm³/mol. The number of hydrogen-bond acceptors (Lipinski definition) is 4. The lowest BCUT2D eigenvalue weighted by atomic mass is 9.85. The minimum absolute atomic E-state index is 0.0503. The molecule has 3 amide bonds. The SMILES string of the molecule is C/C(=C\CN(C)C(=O)C(NC(=O)C1CCCCN1C)C(C)(C)C)C(=O)N1CCCC1. The molecule has 2 aliphatic heterocycles. The number of hydrogen-bond donors (Lipinski definition) is 1. The van der Waals surface area contributed by atoms with Crippen LogP contribution in [0.15, 0.2) is 11.6 Å². The molecule has 2 aliphatic rings. The molecule has 2 heterocycles. The van der Waals surface area contributed by atoms with E-state index in [0.717, 1.165) is 51.7 Å². The molecule has 0 bridgehead atoms. The summed E-state index contributed by atoms with van der Waals surface area (Å²) < 4.78 is 0. The van der Waals surface area contributed by atoms with Crippen molar-refractivity contribution >= 4 is 17.7 Å². The maximum Gasteiger partial charge on any atom is 0.249 e. The number of nitrogens with zero attached hydrogens (tertiary/aromatic N) is 3. The van der Waals surface area contributed by atoms with Crippen molar-refractivity contribution < 1.29 is 14.4 Å². The van der Waals surface area contributed by atoms with Crippen LogP contribution in [0.25, 0.3) is 0 Å². The van der Waals surface area contributed by atoms with E-state index in [1.165, 1.54) is 0 Å². The number of nitrogens with one attached hydrogen (secondary N) is 1. The zero-order valence-electron chi connectivity index (χ0n) is 19.7. The summed E-state index contributed by atoms with van der Waals surface area (Å²) in [5.74, 6) is -0.156. The highest BCUT2D eigenvalue weighted by Gasteiger charge is 2.37. The van der Waals surface area contributed by atoms with E-state index in [1.807, 2.05) is 38.8 Å². The molecule has 2 saturated heterocycles. The highest BCUT2D eigenvalue weighted by atomic mass is 16.2. The van der Waals surface area contributed by atoms with E-state index in [9.17, 15) is 14.4 Å². The minimum atomic E-state index is -0.617. The fourth-order valence-corrected chi connectivity index (χ4v) is 4.13. The highest BCUT2D eigenvalue weighted by Crippen LogP contribution is 2.23. The number of piperidine rings is 1. The largest absolute Gasteiger partial charge is 0.342 e. The third-order valence-corrected chi connectivity index (χ3v) is 6.25. The van der Waals surface area contributed by atoms with Crippen LogP contribution < -0.4 is 5.32 Å². The Bertz CT molecular complexity index is 662. The van der Waals surface area contributed by atoms with E-state index in [4.69, 9.17) is 0 Å². The Kier molecular flexibility index (Phi) is 8.47. The maximum absolute atomic E-state index is 13.2. The van der Waals surface area contributed by atoms with Crippen molar-refractivity contribution in [1.29, 1.82) is 0 Å². The molecule has 2 fully saturated rings. The molecule has 0 spiro atoms. The summed E-state index contributed by atoms with van der Waals surface area (Å²) in [7, 11) is 3.69. The molecule has 0 aromatic carbocycles. The summed E-state index contributed by atoms with van der Waals surface area (Å²) in [6.45, 7) is 10.6. The van der Waals surface area contributed by atoms with Crippen LogP contribution >= 0.6 is 0 Å². The van der Waals surface area contributed by atoms with Crippen molar-refractivity contribution in [2.75, 3.05) is 40.3 Å². The van der Waals surface area contributed by atoms with Gasteiger partial charge in [0.15, 0.2) is 0 Å². The Morgan fingerprint density at radius 1 is 1.10 bits per heavy atom. The second kappa shape index (κ2) is 10.4. The van der Waals surface area contributed by atoms with Gasteiger partial charge in [0, 0.05) is 32.3 Å². The molecule has 0 aromatic rings. The van der Waals surface area contributed by atoms with E-state index in [-0.39, 0.29) is 23.8 Å². The van der Waals surface area contributed by atoms with Crippen molar-refractivity contribution in [1.82, 2.24) is 20.0 Å². The molecule has 0 radical (unpaired) electrons. The number of likely N-dealkylation sites (N-methyl/N-ethyl adjacent to an activating group) is 2. The first-order valence-electron chi connectivity index (χ1n) is 11.2. The van der Waals surface area contributed by atoms with Crippen LogP contribution in [0.2, 0.25) is 0 Å². The first-order chi connectivity index (χ1) is 14.0. The summed E-state index contributed by atoms with van der Waals surface area (Å²) >= 11 is 0. The summed E-state index contributed by atoms with van der Waals surface area (Å²) in [6, 6.07) is -0.796. The van der Waals surface area contributed by atoms with Crippen molar-refractivity contribution in [3.63, 3.8) is 0 Å². The van der Waals surface area contributed by atoms with Gasteiger partial charge < -0.3 is 15.1 Å². The molecular weight excluding hydrogens is 380 g/mol. The van der Waals surface area contributed by atoms with E-state index >= 15 is 0 Å². The molecule has 1 N–H and O–H groups in total. The monoisotopic (exact) mass is 420 g/mol. The average Bonchev–Trinajstić information content (AvgIpc) is 3.22. The summed E-state index contributed by atoms with van der Waals surface area (Å²) in [4.78, 5) is 44.1. The smallest absolute Gasteiger partial charge is 0.249 e. The lowest BCUT2D eigenvalue weighted by Crippen LogP contribution is -2.58. The van der Waals surface area contributed by atoms with Crippen LogP contribution in [-0.4, -0.2) is 84.8 Å². The van der Waals surface area contributed by atoms with Crippen LogP contribution in [0.4, 0.5) is 0 Å². The van der Waals surface area contributed by atoms with Gasteiger partial charge in [-0.3, -0.25) is 19.3 Å². The van der Waals surface area contributed by atoms with Gasteiger partial charge in [0.2, 0.25) is 17.7 Å². The zero-order valence-corrected chi connectivity index (χ0v) is 19.7. The molecule has 0 aromatic heterocycles. The quantitative estimate of drug-likeness (QED) is 0.668. The van der Waals surface area contributed by atoms with Crippen LogP contribution in [0, 0.1) is 5.41 Å². The molecule has 2 rings (SSSR count). The number of amides is 3. The summed E-state index contributed by atoms with van der Waals surface area (Å²) in [5, 5.41) is 3.03. The maximum atomic E-state index is 13.2. The second-order valence-electron chi connectivity index (χ2n) is 9.91. The van der Waals surface area contributed by atoms with Crippen LogP contribution in [-0.2, 0) is 14.4 Å². The van der Waals surface area contributed by atoms with Crippen molar-refractivity contribution in [2.24, 2.45) is 5.41 Å². The first-order valence-corrected chi connectivity index (χ1v) is 11.2. The van der Waals surface area contributed by atoms with Crippen molar-refractivity contribution in [2.45, 2.75) is 71.9 Å². The Balaban J connectivity index is 2.02. The van der Waals surface area contributed by atoms with Gasteiger partial charge in [0.25, 0.3) is 0 Å². The molecule has 7 nitrogen and oxygen atoms in total. The van der Waals surface area contributed by atoms with Crippen LogP contribution in [0.3, 0.4) is 0 Å². The normalized spacial score (nSPS) is 22.0. The Morgan fingerprint density at radius 2 is 1.70 bits per heavy atom. The Labute approximate surface area is 181 Å². The van der Waals surface area contributed by atoms with Crippen molar-refractivity contribution in [3.05, 3.63) is 11.6 Å². The summed E-state index contributed by atoms with van der Waals surface area (Å²) in [6.07, 6.45) is 6.89. The third-order valence-electron chi connectivity index (χ3n) is 6.25. The topological polar surface area (TPSA) is 73.0 Å². The van der Waals surface area contributed by atoms with Crippen LogP contribution in [0.1, 0.15) is 59.8 Å². The van der Waals surface area contributed by atoms with Gasteiger partial charge in [0.1, 0.15) is 6.04 Å². The average molecular weight is 421 g/mol.